The number of non-ortho nitro benzene ring substituents is 1. The van der Waals surface area contributed by atoms with Crippen molar-refractivity contribution in [3.05, 3.63) is 69.1 Å². The number of hydrogen-bond acceptors (Lipinski definition) is 5. The molecule has 0 spiro atoms. The molecule has 0 aliphatic rings. The van der Waals surface area contributed by atoms with E-state index in [9.17, 15) is 10.1 Å². The fourth-order valence-corrected chi connectivity index (χ4v) is 2.90. The highest BCUT2D eigenvalue weighted by Gasteiger charge is 2.08. The minimum atomic E-state index is -0.405. The van der Waals surface area contributed by atoms with E-state index < -0.39 is 4.92 Å². The number of rotatable bonds is 4. The quantitative estimate of drug-likeness (QED) is 0.449. The maximum Gasteiger partial charge on any atom is 0.269 e. The lowest BCUT2D eigenvalue weighted by Crippen LogP contribution is -1.91. The Bertz CT molecular complexity index is 863. The summed E-state index contributed by atoms with van der Waals surface area (Å²) in [6, 6.07) is 12.6. The zero-order valence-electron chi connectivity index (χ0n) is 13.1. The van der Waals surface area contributed by atoms with Crippen LogP contribution in [0.1, 0.15) is 11.1 Å². The van der Waals surface area contributed by atoms with Gasteiger partial charge in [-0.2, -0.15) is 0 Å². The van der Waals surface area contributed by atoms with Crippen molar-refractivity contribution < 1.29 is 4.92 Å². The van der Waals surface area contributed by atoms with Gasteiger partial charge in [0.25, 0.3) is 5.69 Å². The van der Waals surface area contributed by atoms with Crippen molar-refractivity contribution in [2.45, 2.75) is 13.8 Å². The number of nitro benzene ring substituents is 1. The molecule has 1 N–H and O–H groups in total. The summed E-state index contributed by atoms with van der Waals surface area (Å²) in [6.07, 6.45) is 0. The van der Waals surface area contributed by atoms with Gasteiger partial charge in [0, 0.05) is 28.8 Å². The van der Waals surface area contributed by atoms with E-state index in [1.807, 2.05) is 11.4 Å². The van der Waals surface area contributed by atoms with Gasteiger partial charge in [-0.3, -0.25) is 10.1 Å². The summed E-state index contributed by atoms with van der Waals surface area (Å²) in [5, 5.41) is 16.7. The Morgan fingerprint density at radius 1 is 1.08 bits per heavy atom. The van der Waals surface area contributed by atoms with Gasteiger partial charge in [0.1, 0.15) is 0 Å². The summed E-state index contributed by atoms with van der Waals surface area (Å²) in [7, 11) is 0. The van der Waals surface area contributed by atoms with E-state index in [0.29, 0.717) is 0 Å². The van der Waals surface area contributed by atoms with Gasteiger partial charge in [-0.25, -0.2) is 4.98 Å². The van der Waals surface area contributed by atoms with Crippen LogP contribution < -0.4 is 5.32 Å². The fourth-order valence-electron chi connectivity index (χ4n) is 2.16. The Labute approximate surface area is 154 Å². The Balaban J connectivity index is 0.00000208. The van der Waals surface area contributed by atoms with Crippen LogP contribution in [0.25, 0.3) is 11.3 Å². The van der Waals surface area contributed by atoms with Gasteiger partial charge in [0.2, 0.25) is 0 Å². The molecule has 0 saturated carbocycles. The smallest absolute Gasteiger partial charge is 0.269 e. The molecule has 24 heavy (non-hydrogen) atoms. The van der Waals surface area contributed by atoms with E-state index in [1.54, 1.807) is 12.1 Å². The molecule has 124 valence electrons. The van der Waals surface area contributed by atoms with E-state index in [1.165, 1.54) is 34.6 Å². The lowest BCUT2D eigenvalue weighted by Gasteiger charge is -2.05. The first-order chi connectivity index (χ1) is 11.0. The molecule has 0 amide bonds. The van der Waals surface area contributed by atoms with Gasteiger partial charge < -0.3 is 5.32 Å². The number of halogens is 1. The van der Waals surface area contributed by atoms with Crippen molar-refractivity contribution in [2.24, 2.45) is 0 Å². The molecule has 5 nitrogen and oxygen atoms in total. The zero-order valence-corrected chi connectivity index (χ0v) is 15.7. The highest BCUT2D eigenvalue weighted by molar-refractivity contribution is 8.93. The number of aromatic nitrogens is 1. The first-order valence-corrected chi connectivity index (χ1v) is 7.95. The highest BCUT2D eigenvalue weighted by atomic mass is 79.9. The lowest BCUT2D eigenvalue weighted by atomic mass is 10.1. The molecular formula is C17H16BrN3O2S. The number of benzene rings is 2. The summed E-state index contributed by atoms with van der Waals surface area (Å²) in [4.78, 5) is 14.8. The van der Waals surface area contributed by atoms with Crippen LogP contribution in [0.5, 0.6) is 0 Å². The number of nitrogens with one attached hydrogen (secondary N) is 1. The van der Waals surface area contributed by atoms with Gasteiger partial charge in [0.15, 0.2) is 5.13 Å². The molecular weight excluding hydrogens is 390 g/mol. The zero-order chi connectivity index (χ0) is 16.4. The third-order valence-electron chi connectivity index (χ3n) is 3.64. The molecule has 0 atom stereocenters. The number of aryl methyl sites for hydroxylation is 2. The fraction of sp³-hybridized carbons (Fsp3) is 0.118. The third-order valence-corrected chi connectivity index (χ3v) is 4.39. The Kier molecular flexibility index (Phi) is 5.69. The summed E-state index contributed by atoms with van der Waals surface area (Å²) in [5.41, 5.74) is 5.22. The Hall–Kier alpha value is -2.25. The van der Waals surface area contributed by atoms with E-state index in [-0.39, 0.29) is 22.7 Å². The number of anilines is 2. The number of nitro groups is 1. The van der Waals surface area contributed by atoms with E-state index in [0.717, 1.165) is 22.1 Å². The largest absolute Gasteiger partial charge is 0.332 e. The number of hydrogen-bond donors (Lipinski definition) is 1. The predicted molar refractivity (Wildman–Crippen MR) is 104 cm³/mol. The van der Waals surface area contributed by atoms with Gasteiger partial charge in [0.05, 0.1) is 10.6 Å². The van der Waals surface area contributed by atoms with Crippen LogP contribution in [0.2, 0.25) is 0 Å². The molecule has 2 aromatic carbocycles. The second kappa shape index (κ2) is 7.55. The molecule has 0 radical (unpaired) electrons. The lowest BCUT2D eigenvalue weighted by molar-refractivity contribution is -0.384. The summed E-state index contributed by atoms with van der Waals surface area (Å²) >= 11 is 1.50. The normalized spacial score (nSPS) is 10.1. The summed E-state index contributed by atoms with van der Waals surface area (Å²) < 4.78 is 0. The topological polar surface area (TPSA) is 68.1 Å². The van der Waals surface area contributed by atoms with Crippen LogP contribution in [-0.4, -0.2) is 9.91 Å². The average molecular weight is 406 g/mol. The van der Waals surface area contributed by atoms with Gasteiger partial charge >= 0.3 is 0 Å². The van der Waals surface area contributed by atoms with Crippen molar-refractivity contribution in [1.29, 1.82) is 0 Å². The van der Waals surface area contributed by atoms with Crippen molar-refractivity contribution in [3.63, 3.8) is 0 Å². The summed E-state index contributed by atoms with van der Waals surface area (Å²) in [6.45, 7) is 4.15. The standard InChI is InChI=1S/C17H15N3O2S.BrH/c1-11-3-6-14(9-12(11)2)18-17-19-16(10-23-17)13-4-7-15(8-5-13)20(21)22;/h3-10H,1-2H3,(H,18,19);1H. The van der Waals surface area contributed by atoms with Crippen LogP contribution in [0, 0.1) is 24.0 Å². The SMILES string of the molecule is Br.Cc1ccc(Nc2nc(-c3ccc([N+](=O)[O-])cc3)cs2)cc1C. The second-order valence-electron chi connectivity index (χ2n) is 5.27. The molecule has 0 saturated heterocycles. The number of nitrogens with zero attached hydrogens (tertiary/aromatic N) is 2. The Morgan fingerprint density at radius 3 is 2.42 bits per heavy atom. The van der Waals surface area contributed by atoms with E-state index in [4.69, 9.17) is 0 Å². The maximum atomic E-state index is 10.7. The van der Waals surface area contributed by atoms with Gasteiger partial charge in [-0.05, 0) is 49.2 Å². The first kappa shape index (κ1) is 18.1. The first-order valence-electron chi connectivity index (χ1n) is 7.07. The van der Waals surface area contributed by atoms with Crippen LogP contribution in [-0.2, 0) is 0 Å². The van der Waals surface area contributed by atoms with E-state index in [2.05, 4.69) is 36.3 Å². The molecule has 0 fully saturated rings. The van der Waals surface area contributed by atoms with Crippen LogP contribution >= 0.6 is 28.3 Å². The molecule has 0 unspecified atom stereocenters. The molecule has 0 aliphatic heterocycles. The van der Waals surface area contributed by atoms with Crippen molar-refractivity contribution >= 4 is 44.8 Å². The minimum Gasteiger partial charge on any atom is -0.332 e. The predicted octanol–water partition coefficient (Wildman–Crippen LogP) is 5.66. The van der Waals surface area contributed by atoms with Gasteiger partial charge in [-0.1, -0.05) is 6.07 Å². The Morgan fingerprint density at radius 2 is 1.79 bits per heavy atom. The molecule has 1 aromatic heterocycles. The van der Waals surface area contributed by atoms with Crippen LogP contribution in [0.4, 0.5) is 16.5 Å². The highest BCUT2D eigenvalue weighted by Crippen LogP contribution is 2.28. The third kappa shape index (κ3) is 3.98. The molecule has 1 heterocycles. The maximum absolute atomic E-state index is 10.7. The van der Waals surface area contributed by atoms with Gasteiger partial charge in [-0.15, -0.1) is 28.3 Å². The molecule has 3 rings (SSSR count). The molecule has 3 aromatic rings. The molecule has 7 heteroatoms. The second-order valence-corrected chi connectivity index (χ2v) is 6.12. The van der Waals surface area contributed by atoms with Crippen molar-refractivity contribution in [1.82, 2.24) is 4.98 Å². The monoisotopic (exact) mass is 405 g/mol. The number of thiazole rings is 1. The van der Waals surface area contributed by atoms with Crippen LogP contribution in [0.3, 0.4) is 0 Å². The molecule has 0 bridgehead atoms. The average Bonchev–Trinajstić information content (AvgIpc) is 2.99. The van der Waals surface area contributed by atoms with Crippen molar-refractivity contribution in [3.8, 4) is 11.3 Å². The molecule has 0 aliphatic carbocycles. The minimum absolute atomic E-state index is 0. The van der Waals surface area contributed by atoms with Crippen molar-refractivity contribution in [2.75, 3.05) is 5.32 Å². The van der Waals surface area contributed by atoms with E-state index >= 15 is 0 Å². The van der Waals surface area contributed by atoms with Crippen LogP contribution in [0.15, 0.2) is 47.8 Å². The summed E-state index contributed by atoms with van der Waals surface area (Å²) in [5.74, 6) is 0.